The molecule has 0 aromatic carbocycles. The molecule has 3 aliphatic rings. The number of ether oxygens (including phenoxy) is 1. The molecule has 1 spiro atoms. The third kappa shape index (κ3) is 3.86. The zero-order valence-electron chi connectivity index (χ0n) is 14.3. The van der Waals surface area contributed by atoms with Crippen LogP contribution < -0.4 is 10.6 Å². The van der Waals surface area contributed by atoms with Crippen LogP contribution in [-0.4, -0.2) is 40.6 Å². The van der Waals surface area contributed by atoms with E-state index < -0.39 is 0 Å². The Labute approximate surface area is 146 Å². The molecule has 7 nitrogen and oxygen atoms in total. The molecule has 0 radical (unpaired) electrons. The zero-order chi connectivity index (χ0) is 17.3. The highest BCUT2D eigenvalue weighted by molar-refractivity contribution is 5.79. The zero-order valence-corrected chi connectivity index (χ0v) is 14.3. The number of rotatable bonds is 6. The first-order chi connectivity index (χ1) is 12.1. The van der Waals surface area contributed by atoms with Crippen molar-refractivity contribution in [2.24, 2.45) is 0 Å². The molecule has 1 aliphatic heterocycles. The number of nitrogens with zero attached hydrogens (tertiary/aromatic N) is 1. The molecule has 2 heterocycles. The van der Waals surface area contributed by atoms with Crippen molar-refractivity contribution < 1.29 is 18.7 Å². The summed E-state index contributed by atoms with van der Waals surface area (Å²) in [5.74, 6) is 0.553. The Morgan fingerprint density at radius 3 is 2.52 bits per heavy atom. The van der Waals surface area contributed by atoms with Crippen LogP contribution in [0.2, 0.25) is 0 Å². The van der Waals surface area contributed by atoms with Crippen molar-refractivity contribution in [2.45, 2.75) is 81.6 Å². The summed E-state index contributed by atoms with van der Waals surface area (Å²) in [5, 5.41) is 6.01. The maximum atomic E-state index is 12.2. The molecule has 0 bridgehead atoms. The average molecular weight is 347 g/mol. The molecule has 2 N–H and O–H groups in total. The van der Waals surface area contributed by atoms with Crippen LogP contribution >= 0.6 is 0 Å². The molecular weight excluding hydrogens is 322 g/mol. The van der Waals surface area contributed by atoms with Gasteiger partial charge in [-0.15, -0.1) is 0 Å². The maximum Gasteiger partial charge on any atom is 0.227 e. The fourth-order valence-corrected chi connectivity index (χ4v) is 4.09. The minimum Gasteiger partial charge on any atom is -0.448 e. The molecule has 136 valence electrons. The monoisotopic (exact) mass is 347 g/mol. The molecule has 1 saturated heterocycles. The molecule has 1 unspecified atom stereocenters. The van der Waals surface area contributed by atoms with E-state index in [1.165, 1.54) is 12.8 Å². The minimum absolute atomic E-state index is 0.0674. The van der Waals surface area contributed by atoms with Gasteiger partial charge < -0.3 is 19.8 Å². The van der Waals surface area contributed by atoms with Crippen LogP contribution in [0.4, 0.5) is 0 Å². The van der Waals surface area contributed by atoms with Crippen molar-refractivity contribution in [3.05, 3.63) is 18.4 Å². The van der Waals surface area contributed by atoms with Crippen molar-refractivity contribution in [3.63, 3.8) is 0 Å². The number of hydrogen-bond donors (Lipinski definition) is 2. The second-order valence-corrected chi connectivity index (χ2v) is 7.66. The number of oxazole rings is 1. The summed E-state index contributed by atoms with van der Waals surface area (Å²) in [5.41, 5.74) is 0.111. The van der Waals surface area contributed by atoms with Crippen molar-refractivity contribution in [3.8, 4) is 0 Å². The Balaban J connectivity index is 1.11. The van der Waals surface area contributed by atoms with Gasteiger partial charge in [-0.3, -0.25) is 9.59 Å². The van der Waals surface area contributed by atoms with E-state index in [9.17, 15) is 9.59 Å². The molecule has 3 fully saturated rings. The normalized spacial score (nSPS) is 29.7. The Morgan fingerprint density at radius 2 is 1.92 bits per heavy atom. The lowest BCUT2D eigenvalue weighted by atomic mass is 9.78. The quantitative estimate of drug-likeness (QED) is 0.813. The van der Waals surface area contributed by atoms with Crippen LogP contribution in [0.5, 0.6) is 0 Å². The SMILES string of the molecule is O=C(Cc1cnco1)NC1CC(NC(=O)CC2CCC3(CCC3)O2)C1. The van der Waals surface area contributed by atoms with Crippen LogP contribution in [0, 0.1) is 0 Å². The molecular formula is C18H25N3O4. The van der Waals surface area contributed by atoms with E-state index >= 15 is 0 Å². The summed E-state index contributed by atoms with van der Waals surface area (Å²) in [6.45, 7) is 0. The average Bonchev–Trinajstić information content (AvgIpc) is 3.14. The standard InChI is InChI=1S/C18H25N3O4/c22-16(8-14-2-5-18(25-14)3-1-4-18)20-12-6-13(7-12)21-17(23)9-15-10-19-11-24-15/h10-14H,1-9H2,(H,20,22)(H,21,23). The van der Waals surface area contributed by atoms with E-state index in [0.29, 0.717) is 12.2 Å². The number of carbonyl (C=O) groups is 2. The van der Waals surface area contributed by atoms with Crippen molar-refractivity contribution in [1.82, 2.24) is 15.6 Å². The van der Waals surface area contributed by atoms with Gasteiger partial charge in [0.1, 0.15) is 5.76 Å². The lowest BCUT2D eigenvalue weighted by Crippen LogP contribution is -2.54. The van der Waals surface area contributed by atoms with E-state index in [0.717, 1.165) is 38.5 Å². The third-order valence-electron chi connectivity index (χ3n) is 5.70. The second-order valence-electron chi connectivity index (χ2n) is 7.66. The summed E-state index contributed by atoms with van der Waals surface area (Å²) in [6, 6.07) is 0.281. The topological polar surface area (TPSA) is 93.5 Å². The first-order valence-electron chi connectivity index (χ1n) is 9.24. The number of carbonyl (C=O) groups excluding carboxylic acids is 2. The van der Waals surface area contributed by atoms with Crippen LogP contribution in [0.15, 0.2) is 17.0 Å². The Kier molecular flexibility index (Phi) is 4.50. The van der Waals surface area contributed by atoms with Crippen LogP contribution in [-0.2, 0) is 20.7 Å². The molecule has 2 aliphatic carbocycles. The fourth-order valence-electron chi connectivity index (χ4n) is 4.09. The van der Waals surface area contributed by atoms with Crippen molar-refractivity contribution >= 4 is 11.8 Å². The number of nitrogens with one attached hydrogen (secondary N) is 2. The Morgan fingerprint density at radius 1 is 1.16 bits per heavy atom. The minimum atomic E-state index is -0.0725. The fraction of sp³-hybridized carbons (Fsp3) is 0.722. The molecule has 2 amide bonds. The first-order valence-corrected chi connectivity index (χ1v) is 9.24. The highest BCUT2D eigenvalue weighted by atomic mass is 16.5. The van der Waals surface area contributed by atoms with E-state index in [1.807, 2.05) is 0 Å². The highest BCUT2D eigenvalue weighted by Gasteiger charge is 2.45. The number of amides is 2. The summed E-state index contributed by atoms with van der Waals surface area (Å²) < 4.78 is 11.1. The molecule has 2 saturated carbocycles. The van der Waals surface area contributed by atoms with Crippen LogP contribution in [0.3, 0.4) is 0 Å². The lowest BCUT2D eigenvalue weighted by Gasteiger charge is -2.38. The molecule has 1 atom stereocenters. The van der Waals surface area contributed by atoms with Gasteiger partial charge in [0.2, 0.25) is 11.8 Å². The molecule has 7 heteroatoms. The molecule has 1 aromatic rings. The van der Waals surface area contributed by atoms with Crippen LogP contribution in [0.1, 0.15) is 57.1 Å². The van der Waals surface area contributed by atoms with Crippen molar-refractivity contribution in [2.75, 3.05) is 0 Å². The summed E-state index contributed by atoms with van der Waals surface area (Å²) in [6.07, 6.45) is 10.8. The van der Waals surface area contributed by atoms with Gasteiger partial charge >= 0.3 is 0 Å². The molecule has 1 aromatic heterocycles. The first kappa shape index (κ1) is 16.6. The van der Waals surface area contributed by atoms with E-state index in [-0.39, 0.29) is 42.0 Å². The summed E-state index contributed by atoms with van der Waals surface area (Å²) in [7, 11) is 0. The van der Waals surface area contributed by atoms with Gasteiger partial charge in [-0.05, 0) is 44.9 Å². The van der Waals surface area contributed by atoms with E-state index in [4.69, 9.17) is 9.15 Å². The highest BCUT2D eigenvalue weighted by Crippen LogP contribution is 2.46. The Bertz CT molecular complexity index is 620. The smallest absolute Gasteiger partial charge is 0.227 e. The summed E-state index contributed by atoms with van der Waals surface area (Å²) in [4.78, 5) is 27.8. The second kappa shape index (κ2) is 6.78. The van der Waals surface area contributed by atoms with E-state index in [2.05, 4.69) is 15.6 Å². The lowest BCUT2D eigenvalue weighted by molar-refractivity contribution is -0.130. The van der Waals surface area contributed by atoms with E-state index in [1.54, 1.807) is 6.20 Å². The summed E-state index contributed by atoms with van der Waals surface area (Å²) >= 11 is 0. The van der Waals surface area contributed by atoms with Gasteiger partial charge in [-0.1, -0.05) is 0 Å². The maximum absolute atomic E-state index is 12.2. The predicted octanol–water partition coefficient (Wildman–Crippen LogP) is 1.47. The van der Waals surface area contributed by atoms with Crippen LogP contribution in [0.25, 0.3) is 0 Å². The Hall–Kier alpha value is -1.89. The number of hydrogen-bond acceptors (Lipinski definition) is 5. The van der Waals surface area contributed by atoms with Gasteiger partial charge in [0.05, 0.1) is 30.7 Å². The van der Waals surface area contributed by atoms with Gasteiger partial charge in [0.15, 0.2) is 6.39 Å². The molecule has 25 heavy (non-hydrogen) atoms. The van der Waals surface area contributed by atoms with Gasteiger partial charge in [0, 0.05) is 12.1 Å². The van der Waals surface area contributed by atoms with Gasteiger partial charge in [0.25, 0.3) is 0 Å². The predicted molar refractivity (Wildman–Crippen MR) is 88.6 cm³/mol. The van der Waals surface area contributed by atoms with Crippen molar-refractivity contribution in [1.29, 1.82) is 0 Å². The van der Waals surface area contributed by atoms with Gasteiger partial charge in [-0.25, -0.2) is 4.98 Å². The molecule has 4 rings (SSSR count). The third-order valence-corrected chi connectivity index (χ3v) is 5.70. The number of aromatic nitrogens is 1. The largest absolute Gasteiger partial charge is 0.448 e. The van der Waals surface area contributed by atoms with Gasteiger partial charge in [-0.2, -0.15) is 0 Å².